The van der Waals surface area contributed by atoms with Gasteiger partial charge in [0, 0.05) is 22.0 Å². The lowest BCUT2D eigenvalue weighted by atomic mass is 10.00. The fraction of sp³-hybridized carbons (Fsp3) is 0. The maximum Gasteiger partial charge on any atom is 0.148 e. The zero-order valence-electron chi connectivity index (χ0n) is 17.2. The Morgan fingerprint density at radius 2 is 1.33 bits per heavy atom. The minimum atomic E-state index is -0.272. The van der Waals surface area contributed by atoms with E-state index in [0.717, 1.165) is 60.7 Å². The predicted molar refractivity (Wildman–Crippen MR) is 132 cm³/mol. The van der Waals surface area contributed by atoms with Crippen molar-refractivity contribution in [2.75, 3.05) is 0 Å². The van der Waals surface area contributed by atoms with Gasteiger partial charge in [-0.1, -0.05) is 54.6 Å². The van der Waals surface area contributed by atoms with Gasteiger partial charge >= 0.3 is 0 Å². The minimum absolute atomic E-state index is 0.272. The minimum Gasteiger partial charge on any atom is -0.292 e. The Morgan fingerprint density at radius 1 is 0.636 bits per heavy atom. The summed E-state index contributed by atoms with van der Waals surface area (Å²) in [6.45, 7) is 0. The number of hydrogen-bond donors (Lipinski definition) is 0. The average Bonchev–Trinajstić information content (AvgIpc) is 3.50. The van der Waals surface area contributed by atoms with Gasteiger partial charge < -0.3 is 0 Å². The summed E-state index contributed by atoms with van der Waals surface area (Å²) in [6.07, 6.45) is 0. The van der Waals surface area contributed by atoms with Gasteiger partial charge in [-0.3, -0.25) is 4.57 Å². The van der Waals surface area contributed by atoms with Crippen molar-refractivity contribution in [2.24, 2.45) is 0 Å². The van der Waals surface area contributed by atoms with Gasteiger partial charge in [0.05, 0.1) is 22.8 Å². The molecule has 6 heteroatoms. The third-order valence-electron chi connectivity index (χ3n) is 6.14. The van der Waals surface area contributed by atoms with Crippen molar-refractivity contribution < 1.29 is 4.39 Å². The van der Waals surface area contributed by atoms with Gasteiger partial charge in [-0.15, -0.1) is 0 Å². The molecule has 0 N–H and O–H groups in total. The Balaban J connectivity index is 1.74. The Hall–Kier alpha value is -4.16. The zero-order chi connectivity index (χ0) is 21.9. The van der Waals surface area contributed by atoms with Crippen LogP contribution in [0.2, 0.25) is 0 Å². The highest BCUT2D eigenvalue weighted by atomic mass is 32.1. The summed E-state index contributed by atoms with van der Waals surface area (Å²) in [5, 5.41) is 4.49. The highest BCUT2D eigenvalue weighted by molar-refractivity contribution is 7.00. The first-order valence-corrected chi connectivity index (χ1v) is 11.3. The monoisotopic (exact) mass is 446 g/mol. The van der Waals surface area contributed by atoms with Crippen LogP contribution in [0, 0.1) is 5.82 Å². The molecule has 0 saturated heterocycles. The van der Waals surface area contributed by atoms with Crippen LogP contribution >= 0.6 is 11.7 Å². The standard InChI is InChI=1S/C27H15FN4S/c28-16-12-14-17(15-13-16)32-26-21-9-4-2-7-19(21)18-6-1-3-8-20(18)25(26)29-27(32)22-10-5-11-23-24(22)31-33-30-23/h1-15H. The van der Waals surface area contributed by atoms with Gasteiger partial charge in [-0.05, 0) is 47.2 Å². The van der Waals surface area contributed by atoms with Crippen LogP contribution in [0.5, 0.6) is 0 Å². The molecule has 33 heavy (non-hydrogen) atoms. The molecule has 0 aliphatic heterocycles. The molecule has 0 spiro atoms. The molecule has 2 heterocycles. The van der Waals surface area contributed by atoms with E-state index >= 15 is 0 Å². The van der Waals surface area contributed by atoms with E-state index < -0.39 is 0 Å². The van der Waals surface area contributed by atoms with Crippen LogP contribution in [-0.2, 0) is 0 Å². The first-order chi connectivity index (χ1) is 16.3. The maximum atomic E-state index is 13.9. The van der Waals surface area contributed by atoms with Gasteiger partial charge in [0.2, 0.25) is 0 Å². The van der Waals surface area contributed by atoms with E-state index in [1.54, 1.807) is 12.1 Å². The number of benzene rings is 5. The Morgan fingerprint density at radius 3 is 2.12 bits per heavy atom. The molecule has 0 aliphatic rings. The van der Waals surface area contributed by atoms with Crippen LogP contribution in [0.1, 0.15) is 0 Å². The first-order valence-electron chi connectivity index (χ1n) is 10.6. The van der Waals surface area contributed by atoms with Crippen LogP contribution in [-0.4, -0.2) is 18.3 Å². The summed E-state index contributed by atoms with van der Waals surface area (Å²) in [4.78, 5) is 5.20. The molecule has 5 aromatic carbocycles. The number of rotatable bonds is 2. The highest BCUT2D eigenvalue weighted by Gasteiger charge is 2.21. The lowest BCUT2D eigenvalue weighted by Crippen LogP contribution is -1.99. The lowest BCUT2D eigenvalue weighted by Gasteiger charge is -2.12. The van der Waals surface area contributed by atoms with Crippen LogP contribution in [0.3, 0.4) is 0 Å². The number of imidazole rings is 1. The third-order valence-corrected chi connectivity index (χ3v) is 6.69. The summed E-state index contributed by atoms with van der Waals surface area (Å²) < 4.78 is 24.9. The quantitative estimate of drug-likeness (QED) is 0.265. The molecule has 7 rings (SSSR count). The molecule has 4 nitrogen and oxygen atoms in total. The van der Waals surface area contributed by atoms with Crippen molar-refractivity contribution >= 4 is 55.3 Å². The van der Waals surface area contributed by atoms with Gasteiger partial charge in [-0.2, -0.15) is 8.75 Å². The predicted octanol–water partition coefficient (Wildman–Crippen LogP) is 7.14. The molecular formula is C27H15FN4S. The number of aromatic nitrogens is 4. The highest BCUT2D eigenvalue weighted by Crippen LogP contribution is 2.40. The van der Waals surface area contributed by atoms with Gasteiger partial charge in [0.1, 0.15) is 22.7 Å². The summed E-state index contributed by atoms with van der Waals surface area (Å²) >= 11 is 1.19. The van der Waals surface area contributed by atoms with Gasteiger partial charge in [-0.25, -0.2) is 9.37 Å². The molecule has 0 unspecified atom stereocenters. The molecule has 2 aromatic heterocycles. The summed E-state index contributed by atoms with van der Waals surface area (Å²) in [7, 11) is 0. The second kappa shape index (κ2) is 6.92. The second-order valence-electron chi connectivity index (χ2n) is 7.97. The van der Waals surface area contributed by atoms with Gasteiger partial charge in [0.25, 0.3) is 0 Å². The SMILES string of the molecule is Fc1ccc(-n2c(-c3cccc4nsnc34)nc3c4ccccc4c4ccccc4c32)cc1. The number of fused-ring (bicyclic) bond motifs is 7. The third kappa shape index (κ3) is 2.64. The molecule has 0 saturated carbocycles. The summed E-state index contributed by atoms with van der Waals surface area (Å²) in [5.41, 5.74) is 5.29. The van der Waals surface area contributed by atoms with E-state index in [1.165, 1.54) is 23.9 Å². The van der Waals surface area contributed by atoms with Crippen molar-refractivity contribution in [2.45, 2.75) is 0 Å². The number of halogens is 1. The second-order valence-corrected chi connectivity index (χ2v) is 8.50. The Bertz CT molecular complexity index is 1830. The van der Waals surface area contributed by atoms with E-state index in [2.05, 4.69) is 49.7 Å². The molecule has 0 bridgehead atoms. The van der Waals surface area contributed by atoms with Crippen molar-refractivity contribution in [1.82, 2.24) is 18.3 Å². The number of hydrogen-bond acceptors (Lipinski definition) is 4. The van der Waals surface area contributed by atoms with E-state index in [9.17, 15) is 4.39 Å². The van der Waals surface area contributed by atoms with E-state index in [1.807, 2.05) is 30.3 Å². The Labute approximate surface area is 191 Å². The average molecular weight is 447 g/mol. The van der Waals surface area contributed by atoms with Crippen molar-refractivity contribution in [1.29, 1.82) is 0 Å². The summed E-state index contributed by atoms with van der Waals surface area (Å²) in [5.74, 6) is 0.488. The van der Waals surface area contributed by atoms with E-state index in [-0.39, 0.29) is 5.82 Å². The fourth-order valence-electron chi connectivity index (χ4n) is 4.71. The maximum absolute atomic E-state index is 13.9. The smallest absolute Gasteiger partial charge is 0.148 e. The zero-order valence-corrected chi connectivity index (χ0v) is 18.1. The van der Waals surface area contributed by atoms with Crippen LogP contribution in [0.25, 0.3) is 60.7 Å². The van der Waals surface area contributed by atoms with Gasteiger partial charge in [0.15, 0.2) is 0 Å². The summed E-state index contributed by atoms with van der Waals surface area (Å²) in [6, 6.07) is 29.2. The van der Waals surface area contributed by atoms with Crippen LogP contribution < -0.4 is 0 Å². The molecule has 0 radical (unpaired) electrons. The molecule has 7 aromatic rings. The molecule has 0 amide bonds. The van der Waals surface area contributed by atoms with Crippen molar-refractivity contribution in [3.63, 3.8) is 0 Å². The van der Waals surface area contributed by atoms with Crippen molar-refractivity contribution in [3.8, 4) is 17.1 Å². The normalized spacial score (nSPS) is 11.8. The molecule has 156 valence electrons. The molecule has 0 fully saturated rings. The molecule has 0 aliphatic carbocycles. The number of nitrogens with zero attached hydrogens (tertiary/aromatic N) is 4. The fourth-order valence-corrected chi connectivity index (χ4v) is 5.26. The largest absolute Gasteiger partial charge is 0.292 e. The van der Waals surface area contributed by atoms with E-state index in [0.29, 0.717) is 0 Å². The topological polar surface area (TPSA) is 43.6 Å². The van der Waals surface area contributed by atoms with E-state index in [4.69, 9.17) is 4.98 Å². The molecule has 0 atom stereocenters. The first kappa shape index (κ1) is 18.4. The Kier molecular flexibility index (Phi) is 3.86. The lowest BCUT2D eigenvalue weighted by molar-refractivity contribution is 0.627. The van der Waals surface area contributed by atoms with Crippen LogP contribution in [0.4, 0.5) is 4.39 Å². The van der Waals surface area contributed by atoms with Crippen LogP contribution in [0.15, 0.2) is 91.0 Å². The molecular weight excluding hydrogens is 431 g/mol. The van der Waals surface area contributed by atoms with Crippen molar-refractivity contribution in [3.05, 3.63) is 96.8 Å².